The molecule has 0 saturated heterocycles. The van der Waals surface area contributed by atoms with Crippen molar-refractivity contribution >= 4 is 11.7 Å². The molecule has 0 spiro atoms. The SMILES string of the molecule is CCc1nccc(C)c1NC(=O)NC1CC(c2ccccc2)C1. The van der Waals surface area contributed by atoms with E-state index in [4.69, 9.17) is 0 Å². The maximum absolute atomic E-state index is 12.2. The maximum Gasteiger partial charge on any atom is 0.319 e. The maximum atomic E-state index is 12.2. The Kier molecular flexibility index (Phi) is 4.60. The van der Waals surface area contributed by atoms with Gasteiger partial charge in [-0.1, -0.05) is 37.3 Å². The Morgan fingerprint density at radius 2 is 1.96 bits per heavy atom. The van der Waals surface area contributed by atoms with Gasteiger partial charge in [0.05, 0.1) is 11.4 Å². The van der Waals surface area contributed by atoms with Crippen LogP contribution in [-0.4, -0.2) is 17.1 Å². The average molecular weight is 309 g/mol. The van der Waals surface area contributed by atoms with Crippen LogP contribution in [0.3, 0.4) is 0 Å². The van der Waals surface area contributed by atoms with Crippen molar-refractivity contribution in [2.75, 3.05) is 5.32 Å². The minimum Gasteiger partial charge on any atom is -0.335 e. The smallest absolute Gasteiger partial charge is 0.319 e. The van der Waals surface area contributed by atoms with Gasteiger partial charge in [0.1, 0.15) is 0 Å². The number of nitrogens with one attached hydrogen (secondary N) is 2. The number of pyridine rings is 1. The number of amides is 2. The van der Waals surface area contributed by atoms with Crippen molar-refractivity contribution in [3.8, 4) is 0 Å². The van der Waals surface area contributed by atoms with Crippen LogP contribution in [0.1, 0.15) is 42.5 Å². The number of rotatable bonds is 4. The monoisotopic (exact) mass is 309 g/mol. The van der Waals surface area contributed by atoms with Crippen LogP contribution in [-0.2, 0) is 6.42 Å². The fourth-order valence-corrected chi connectivity index (χ4v) is 3.12. The molecule has 1 saturated carbocycles. The number of carbonyl (C=O) groups is 1. The Balaban J connectivity index is 1.54. The van der Waals surface area contributed by atoms with Gasteiger partial charge in [0.25, 0.3) is 0 Å². The van der Waals surface area contributed by atoms with E-state index in [1.807, 2.05) is 26.0 Å². The zero-order valence-electron chi connectivity index (χ0n) is 13.7. The molecule has 0 bridgehead atoms. The highest BCUT2D eigenvalue weighted by Crippen LogP contribution is 2.36. The Bertz CT molecular complexity index is 678. The van der Waals surface area contributed by atoms with Crippen LogP contribution < -0.4 is 10.6 Å². The number of carbonyl (C=O) groups excluding carboxylic acids is 1. The fourth-order valence-electron chi connectivity index (χ4n) is 3.12. The lowest BCUT2D eigenvalue weighted by Crippen LogP contribution is -2.45. The minimum atomic E-state index is -0.132. The Labute approximate surface area is 137 Å². The van der Waals surface area contributed by atoms with E-state index in [-0.39, 0.29) is 12.1 Å². The van der Waals surface area contributed by atoms with Crippen LogP contribution in [0.15, 0.2) is 42.6 Å². The molecular weight excluding hydrogens is 286 g/mol. The van der Waals surface area contributed by atoms with Crippen LogP contribution >= 0.6 is 0 Å². The molecule has 4 nitrogen and oxygen atoms in total. The number of hydrogen-bond acceptors (Lipinski definition) is 2. The van der Waals surface area contributed by atoms with Gasteiger partial charge in [0, 0.05) is 12.2 Å². The zero-order chi connectivity index (χ0) is 16.2. The van der Waals surface area contributed by atoms with Crippen molar-refractivity contribution in [3.05, 3.63) is 59.4 Å². The molecule has 4 heteroatoms. The van der Waals surface area contributed by atoms with E-state index in [1.165, 1.54) is 5.56 Å². The van der Waals surface area contributed by atoms with Crippen molar-refractivity contribution in [1.82, 2.24) is 10.3 Å². The van der Waals surface area contributed by atoms with Crippen molar-refractivity contribution in [2.45, 2.75) is 45.1 Å². The predicted octanol–water partition coefficient (Wildman–Crippen LogP) is 4.02. The number of urea groups is 1. The van der Waals surface area contributed by atoms with Gasteiger partial charge in [-0.25, -0.2) is 4.79 Å². The second-order valence-corrected chi connectivity index (χ2v) is 6.18. The van der Waals surface area contributed by atoms with Crippen LogP contribution in [0.25, 0.3) is 0 Å². The van der Waals surface area contributed by atoms with Gasteiger partial charge >= 0.3 is 6.03 Å². The van der Waals surface area contributed by atoms with E-state index >= 15 is 0 Å². The molecule has 1 aliphatic carbocycles. The van der Waals surface area contributed by atoms with E-state index in [9.17, 15) is 4.79 Å². The summed E-state index contributed by atoms with van der Waals surface area (Å²) in [4.78, 5) is 16.6. The van der Waals surface area contributed by atoms with Crippen molar-refractivity contribution in [1.29, 1.82) is 0 Å². The lowest BCUT2D eigenvalue weighted by atomic mass is 9.76. The first-order valence-electron chi connectivity index (χ1n) is 8.24. The molecule has 2 amide bonds. The summed E-state index contributed by atoms with van der Waals surface area (Å²) in [5.74, 6) is 0.563. The van der Waals surface area contributed by atoms with Crippen LogP contribution in [0.4, 0.5) is 10.5 Å². The highest BCUT2D eigenvalue weighted by molar-refractivity contribution is 5.91. The van der Waals surface area contributed by atoms with Crippen molar-refractivity contribution in [2.24, 2.45) is 0 Å². The molecule has 0 radical (unpaired) electrons. The summed E-state index contributed by atoms with van der Waals surface area (Å²) in [5, 5.41) is 6.04. The van der Waals surface area contributed by atoms with E-state index in [1.54, 1.807) is 6.20 Å². The molecule has 2 aromatic rings. The highest BCUT2D eigenvalue weighted by Gasteiger charge is 2.31. The molecule has 2 N–H and O–H groups in total. The molecule has 1 aromatic carbocycles. The third-order valence-corrected chi connectivity index (χ3v) is 4.56. The molecule has 1 fully saturated rings. The summed E-state index contributed by atoms with van der Waals surface area (Å²) in [6.45, 7) is 4.03. The van der Waals surface area contributed by atoms with Crippen molar-refractivity contribution in [3.63, 3.8) is 0 Å². The summed E-state index contributed by atoms with van der Waals surface area (Å²) in [5.41, 5.74) is 4.17. The molecule has 1 aliphatic rings. The number of aryl methyl sites for hydroxylation is 2. The Hall–Kier alpha value is -2.36. The van der Waals surface area contributed by atoms with Gasteiger partial charge in [-0.2, -0.15) is 0 Å². The third-order valence-electron chi connectivity index (χ3n) is 4.56. The number of aromatic nitrogens is 1. The normalized spacial score (nSPS) is 19.7. The second-order valence-electron chi connectivity index (χ2n) is 6.18. The highest BCUT2D eigenvalue weighted by atomic mass is 16.2. The third kappa shape index (κ3) is 3.52. The molecule has 120 valence electrons. The number of nitrogens with zero attached hydrogens (tertiary/aromatic N) is 1. The molecule has 23 heavy (non-hydrogen) atoms. The Morgan fingerprint density at radius 1 is 1.22 bits per heavy atom. The lowest BCUT2D eigenvalue weighted by molar-refractivity contribution is 0.233. The predicted molar refractivity (Wildman–Crippen MR) is 92.7 cm³/mol. The van der Waals surface area contributed by atoms with E-state index < -0.39 is 0 Å². The van der Waals surface area contributed by atoms with Gasteiger partial charge in [-0.05, 0) is 49.3 Å². The van der Waals surface area contributed by atoms with Gasteiger partial charge in [-0.3, -0.25) is 4.98 Å². The summed E-state index contributed by atoms with van der Waals surface area (Å²) in [6.07, 6.45) is 4.60. The number of anilines is 1. The largest absolute Gasteiger partial charge is 0.335 e. The minimum absolute atomic E-state index is 0.132. The number of hydrogen-bond donors (Lipinski definition) is 2. The summed E-state index contributed by atoms with van der Waals surface area (Å²) in [6, 6.07) is 12.5. The first-order valence-corrected chi connectivity index (χ1v) is 8.24. The standard InChI is InChI=1S/C19H23N3O/c1-3-17-18(13(2)9-10-20-17)22-19(23)21-16-11-15(12-16)14-7-5-4-6-8-14/h4-10,15-16H,3,11-12H2,1-2H3,(H2,21,22,23). The van der Waals surface area contributed by atoms with Gasteiger partial charge < -0.3 is 10.6 Å². The molecule has 1 heterocycles. The summed E-state index contributed by atoms with van der Waals surface area (Å²) in [7, 11) is 0. The van der Waals surface area contributed by atoms with Crippen LogP contribution in [0.2, 0.25) is 0 Å². The van der Waals surface area contributed by atoms with Gasteiger partial charge in [0.2, 0.25) is 0 Å². The van der Waals surface area contributed by atoms with E-state index in [0.717, 1.165) is 36.2 Å². The summed E-state index contributed by atoms with van der Waals surface area (Å²) >= 11 is 0. The quantitative estimate of drug-likeness (QED) is 0.896. The molecule has 0 atom stereocenters. The Morgan fingerprint density at radius 3 is 2.65 bits per heavy atom. The molecular formula is C19H23N3O. The average Bonchev–Trinajstić information content (AvgIpc) is 2.53. The zero-order valence-corrected chi connectivity index (χ0v) is 13.7. The van der Waals surface area contributed by atoms with Gasteiger partial charge in [0.15, 0.2) is 0 Å². The molecule has 3 rings (SSSR count). The molecule has 0 unspecified atom stereocenters. The number of benzene rings is 1. The van der Waals surface area contributed by atoms with Crippen molar-refractivity contribution < 1.29 is 4.79 Å². The van der Waals surface area contributed by atoms with E-state index in [0.29, 0.717) is 5.92 Å². The van der Waals surface area contributed by atoms with Crippen LogP contribution in [0, 0.1) is 6.92 Å². The lowest BCUT2D eigenvalue weighted by Gasteiger charge is -2.36. The van der Waals surface area contributed by atoms with Gasteiger partial charge in [-0.15, -0.1) is 0 Å². The fraction of sp³-hybridized carbons (Fsp3) is 0.368. The van der Waals surface area contributed by atoms with E-state index in [2.05, 4.69) is 39.9 Å². The molecule has 0 aliphatic heterocycles. The topological polar surface area (TPSA) is 54.0 Å². The molecule has 1 aromatic heterocycles. The first kappa shape index (κ1) is 15.5. The summed E-state index contributed by atoms with van der Waals surface area (Å²) < 4.78 is 0. The first-order chi connectivity index (χ1) is 11.2. The second kappa shape index (κ2) is 6.82. The van der Waals surface area contributed by atoms with Crippen LogP contribution in [0.5, 0.6) is 0 Å².